The smallest absolute Gasteiger partial charge is 0.223 e. The Morgan fingerprint density at radius 2 is 2.13 bits per heavy atom. The first-order chi connectivity index (χ1) is 14.5. The van der Waals surface area contributed by atoms with Gasteiger partial charge in [0.2, 0.25) is 5.91 Å². The Labute approximate surface area is 180 Å². The molecular weight excluding hydrogens is 403 g/mol. The van der Waals surface area contributed by atoms with Crippen LogP contribution < -0.4 is 9.47 Å². The van der Waals surface area contributed by atoms with Gasteiger partial charge >= 0.3 is 0 Å². The van der Waals surface area contributed by atoms with E-state index in [2.05, 4.69) is 6.07 Å². The molecule has 1 aliphatic heterocycles. The van der Waals surface area contributed by atoms with Crippen molar-refractivity contribution in [2.24, 2.45) is 0 Å². The van der Waals surface area contributed by atoms with Gasteiger partial charge in [-0.1, -0.05) is 18.2 Å². The molecular formula is C23H25FN2O3S. The van der Waals surface area contributed by atoms with E-state index in [1.807, 2.05) is 30.5 Å². The van der Waals surface area contributed by atoms with Crippen LogP contribution >= 0.6 is 11.8 Å². The Balaban J connectivity index is 1.76. The Hall–Kier alpha value is -2.72. The first kappa shape index (κ1) is 22.0. The number of methoxy groups -OCH3 is 1. The van der Waals surface area contributed by atoms with Crippen LogP contribution in [0.2, 0.25) is 0 Å². The number of carbonyl (C=O) groups is 1. The number of ether oxygens (including phenoxy) is 2. The number of rotatable bonds is 7. The van der Waals surface area contributed by atoms with Gasteiger partial charge in [0.15, 0.2) is 6.17 Å². The maximum Gasteiger partial charge on any atom is 0.223 e. The number of likely N-dealkylation sites (tertiary alicyclic amines) is 1. The first-order valence-electron chi connectivity index (χ1n) is 9.81. The molecule has 1 amide bonds. The monoisotopic (exact) mass is 428 g/mol. The lowest BCUT2D eigenvalue weighted by molar-refractivity contribution is -0.134. The number of hydrogen-bond acceptors (Lipinski definition) is 5. The van der Waals surface area contributed by atoms with Crippen molar-refractivity contribution >= 4 is 17.7 Å². The van der Waals surface area contributed by atoms with Gasteiger partial charge in [0.05, 0.1) is 25.3 Å². The predicted molar refractivity (Wildman–Crippen MR) is 117 cm³/mol. The first-order valence-corrected chi connectivity index (χ1v) is 11.2. The highest BCUT2D eigenvalue weighted by Gasteiger charge is 2.33. The predicted octanol–water partition coefficient (Wildman–Crippen LogP) is 4.30. The Morgan fingerprint density at radius 1 is 1.33 bits per heavy atom. The van der Waals surface area contributed by atoms with Gasteiger partial charge in [-0.05, 0) is 36.1 Å². The van der Waals surface area contributed by atoms with Crippen molar-refractivity contribution < 1.29 is 18.7 Å². The average Bonchev–Trinajstić information content (AvgIpc) is 2.78. The Kier molecular flexibility index (Phi) is 7.58. The van der Waals surface area contributed by atoms with E-state index in [1.165, 1.54) is 0 Å². The minimum atomic E-state index is -1.28. The van der Waals surface area contributed by atoms with Crippen LogP contribution in [0.5, 0.6) is 11.5 Å². The fraction of sp³-hybridized carbons (Fsp3) is 0.391. The topological polar surface area (TPSA) is 62.6 Å². The summed E-state index contributed by atoms with van der Waals surface area (Å²) in [6.07, 6.45) is 0.838. The molecule has 0 spiro atoms. The third kappa shape index (κ3) is 5.25. The molecule has 2 atom stereocenters. The molecule has 0 N–H and O–H groups in total. The molecule has 1 fully saturated rings. The third-order valence-electron chi connectivity index (χ3n) is 5.10. The molecule has 0 aromatic heterocycles. The number of amides is 1. The standard InChI is InChI=1S/C23H25FN2O3S/c1-28-21-6-4-3-5-19(21)17-11-16(14-25)12-18(13-17)29-22-7-9-26(15-20(22)24)23(27)8-10-30-2/h3-6,11-13,20,22H,7-10,15H2,1-2H3/t20-,22+/m0/s1. The van der Waals surface area contributed by atoms with E-state index in [9.17, 15) is 14.4 Å². The molecule has 1 aliphatic rings. The minimum absolute atomic E-state index is 0.0182. The van der Waals surface area contributed by atoms with Crippen LogP contribution in [-0.4, -0.2) is 55.3 Å². The van der Waals surface area contributed by atoms with Crippen LogP contribution in [0.3, 0.4) is 0 Å². The summed E-state index contributed by atoms with van der Waals surface area (Å²) in [6, 6.07) is 14.8. The molecule has 2 aromatic carbocycles. The number of nitriles is 1. The number of para-hydroxylation sites is 1. The molecule has 0 unspecified atom stereocenters. The highest BCUT2D eigenvalue weighted by molar-refractivity contribution is 7.98. The number of carbonyl (C=O) groups excluding carboxylic acids is 1. The number of piperidine rings is 1. The lowest BCUT2D eigenvalue weighted by Crippen LogP contribution is -2.49. The molecule has 5 nitrogen and oxygen atoms in total. The highest BCUT2D eigenvalue weighted by atomic mass is 32.2. The maximum absolute atomic E-state index is 14.8. The molecule has 0 saturated carbocycles. The van der Waals surface area contributed by atoms with Gasteiger partial charge in [-0.15, -0.1) is 0 Å². The second-order valence-corrected chi connectivity index (χ2v) is 8.09. The van der Waals surface area contributed by atoms with Gasteiger partial charge in [0.1, 0.15) is 17.6 Å². The molecule has 0 aliphatic carbocycles. The summed E-state index contributed by atoms with van der Waals surface area (Å²) >= 11 is 1.60. The molecule has 3 rings (SSSR count). The fourth-order valence-electron chi connectivity index (χ4n) is 3.54. The van der Waals surface area contributed by atoms with Crippen LogP contribution in [-0.2, 0) is 4.79 Å². The number of hydrogen-bond donors (Lipinski definition) is 0. The average molecular weight is 429 g/mol. The van der Waals surface area contributed by atoms with Crippen molar-refractivity contribution in [2.45, 2.75) is 25.1 Å². The zero-order valence-corrected chi connectivity index (χ0v) is 18.0. The molecule has 158 valence electrons. The van der Waals surface area contributed by atoms with E-state index in [4.69, 9.17) is 9.47 Å². The van der Waals surface area contributed by atoms with Crippen molar-refractivity contribution in [1.29, 1.82) is 5.26 Å². The molecule has 1 heterocycles. The van der Waals surface area contributed by atoms with Crippen LogP contribution in [0.25, 0.3) is 11.1 Å². The zero-order valence-electron chi connectivity index (χ0n) is 17.1. The summed E-state index contributed by atoms with van der Waals surface area (Å²) in [4.78, 5) is 13.7. The summed E-state index contributed by atoms with van der Waals surface area (Å²) in [5.41, 5.74) is 2.02. The van der Waals surface area contributed by atoms with E-state index >= 15 is 0 Å². The number of benzene rings is 2. The van der Waals surface area contributed by atoms with Gasteiger partial charge in [-0.3, -0.25) is 4.79 Å². The molecule has 2 aromatic rings. The maximum atomic E-state index is 14.8. The van der Waals surface area contributed by atoms with E-state index in [-0.39, 0.29) is 12.5 Å². The Bertz CT molecular complexity index is 931. The molecule has 30 heavy (non-hydrogen) atoms. The number of thioether (sulfide) groups is 1. The van der Waals surface area contributed by atoms with Crippen molar-refractivity contribution in [2.75, 3.05) is 32.2 Å². The van der Waals surface area contributed by atoms with Gasteiger partial charge in [-0.25, -0.2) is 4.39 Å². The van der Waals surface area contributed by atoms with Crippen LogP contribution in [0, 0.1) is 11.3 Å². The molecule has 0 radical (unpaired) electrons. The second-order valence-electron chi connectivity index (χ2n) is 7.10. The summed E-state index contributed by atoms with van der Waals surface area (Å²) in [6.45, 7) is 0.505. The molecule has 7 heteroatoms. The molecule has 1 saturated heterocycles. The fourth-order valence-corrected chi connectivity index (χ4v) is 3.91. The van der Waals surface area contributed by atoms with Crippen molar-refractivity contribution in [1.82, 2.24) is 4.90 Å². The SMILES string of the molecule is COc1ccccc1-c1cc(C#N)cc(O[C@@H]2CCN(C(=O)CCSC)C[C@@H]2F)c1. The summed E-state index contributed by atoms with van der Waals surface area (Å²) < 4.78 is 26.1. The van der Waals surface area contributed by atoms with Crippen molar-refractivity contribution in [3.63, 3.8) is 0 Å². The summed E-state index contributed by atoms with van der Waals surface area (Å²) in [5, 5.41) is 9.43. The van der Waals surface area contributed by atoms with Crippen LogP contribution in [0.4, 0.5) is 4.39 Å². The minimum Gasteiger partial charge on any atom is -0.496 e. The van der Waals surface area contributed by atoms with Gasteiger partial charge < -0.3 is 14.4 Å². The Morgan fingerprint density at radius 3 is 2.83 bits per heavy atom. The van der Waals surface area contributed by atoms with Crippen molar-refractivity contribution in [3.05, 3.63) is 48.0 Å². The largest absolute Gasteiger partial charge is 0.496 e. The lowest BCUT2D eigenvalue weighted by Gasteiger charge is -2.35. The van der Waals surface area contributed by atoms with E-state index in [0.29, 0.717) is 36.4 Å². The normalized spacial score (nSPS) is 18.5. The van der Waals surface area contributed by atoms with Gasteiger partial charge in [-0.2, -0.15) is 17.0 Å². The quantitative estimate of drug-likeness (QED) is 0.658. The number of nitrogens with zero attached hydrogens (tertiary/aromatic N) is 2. The van der Waals surface area contributed by atoms with E-state index < -0.39 is 12.3 Å². The summed E-state index contributed by atoms with van der Waals surface area (Å²) in [5.74, 6) is 1.83. The second kappa shape index (κ2) is 10.4. The zero-order chi connectivity index (χ0) is 21.5. The van der Waals surface area contributed by atoms with Gasteiger partial charge in [0.25, 0.3) is 0 Å². The number of alkyl halides is 1. The number of halogens is 1. The van der Waals surface area contributed by atoms with Crippen LogP contribution in [0.15, 0.2) is 42.5 Å². The van der Waals surface area contributed by atoms with Crippen molar-refractivity contribution in [3.8, 4) is 28.7 Å². The third-order valence-corrected chi connectivity index (χ3v) is 5.71. The highest BCUT2D eigenvalue weighted by Crippen LogP contribution is 2.33. The van der Waals surface area contributed by atoms with Gasteiger partial charge in [0, 0.05) is 30.7 Å². The summed E-state index contributed by atoms with van der Waals surface area (Å²) in [7, 11) is 1.59. The van der Waals surface area contributed by atoms with Crippen LogP contribution in [0.1, 0.15) is 18.4 Å². The molecule has 0 bridgehead atoms. The van der Waals surface area contributed by atoms with E-state index in [1.54, 1.807) is 42.0 Å². The van der Waals surface area contributed by atoms with E-state index in [0.717, 1.165) is 16.9 Å². The lowest BCUT2D eigenvalue weighted by atomic mass is 10.0.